The van der Waals surface area contributed by atoms with Crippen molar-refractivity contribution in [1.82, 2.24) is 0 Å². The highest BCUT2D eigenvalue weighted by atomic mass is 16.4. The van der Waals surface area contributed by atoms with Crippen LogP contribution < -0.4 is 11.1 Å². The number of amides is 1. The van der Waals surface area contributed by atoms with E-state index in [1.54, 1.807) is 12.1 Å². The van der Waals surface area contributed by atoms with E-state index in [-0.39, 0.29) is 17.7 Å². The molecule has 0 radical (unpaired) electrons. The van der Waals surface area contributed by atoms with Crippen molar-refractivity contribution in [3.63, 3.8) is 0 Å². The number of nitrogen functional groups attached to an aromatic ring is 1. The number of hydrogen-bond acceptors (Lipinski definition) is 5. The van der Waals surface area contributed by atoms with Gasteiger partial charge in [0, 0.05) is 22.9 Å². The first kappa shape index (κ1) is 19.2. The Morgan fingerprint density at radius 1 is 1.13 bits per heavy atom. The number of nitrogens with zero attached hydrogens (tertiary/aromatic N) is 2. The summed E-state index contributed by atoms with van der Waals surface area (Å²) in [7, 11) is 0. The predicted octanol–water partition coefficient (Wildman–Crippen LogP) is 4.36. The van der Waals surface area contributed by atoms with Crippen molar-refractivity contribution in [2.45, 2.75) is 12.3 Å². The SMILES string of the molecule is N#Cc1ccccc1-c1ccc(NC(=O)[C@@H]2C[C@@H]2c2cccc(N)c2C=NO)cc1. The molecule has 0 saturated heterocycles. The molecule has 4 N–H and O–H groups in total. The predicted molar refractivity (Wildman–Crippen MR) is 116 cm³/mol. The van der Waals surface area contributed by atoms with E-state index in [9.17, 15) is 10.1 Å². The number of nitrogens with two attached hydrogens (primary N) is 1. The molecule has 3 aromatic carbocycles. The van der Waals surface area contributed by atoms with E-state index in [4.69, 9.17) is 10.9 Å². The lowest BCUT2D eigenvalue weighted by Crippen LogP contribution is -2.14. The van der Waals surface area contributed by atoms with Gasteiger partial charge in [0.15, 0.2) is 0 Å². The average molecular weight is 396 g/mol. The topological polar surface area (TPSA) is 112 Å². The number of nitriles is 1. The van der Waals surface area contributed by atoms with E-state index in [0.29, 0.717) is 22.5 Å². The van der Waals surface area contributed by atoms with Gasteiger partial charge in [-0.3, -0.25) is 4.79 Å². The fourth-order valence-corrected chi connectivity index (χ4v) is 3.76. The molecule has 1 fully saturated rings. The molecule has 1 aliphatic carbocycles. The Labute approximate surface area is 174 Å². The number of carbonyl (C=O) groups excluding carboxylic acids is 1. The maximum atomic E-state index is 12.7. The lowest BCUT2D eigenvalue weighted by molar-refractivity contribution is -0.117. The summed E-state index contributed by atoms with van der Waals surface area (Å²) in [5.74, 6) is -0.167. The number of carbonyl (C=O) groups is 1. The molecule has 1 saturated carbocycles. The van der Waals surface area contributed by atoms with Crippen LogP contribution in [0.25, 0.3) is 11.1 Å². The number of hydrogen-bond donors (Lipinski definition) is 3. The highest BCUT2D eigenvalue weighted by Crippen LogP contribution is 2.49. The van der Waals surface area contributed by atoms with E-state index < -0.39 is 0 Å². The van der Waals surface area contributed by atoms with E-state index in [2.05, 4.69) is 16.5 Å². The quantitative estimate of drug-likeness (QED) is 0.257. The zero-order chi connectivity index (χ0) is 21.1. The summed E-state index contributed by atoms with van der Waals surface area (Å²) in [5.41, 5.74) is 11.2. The van der Waals surface area contributed by atoms with Gasteiger partial charge < -0.3 is 16.3 Å². The summed E-state index contributed by atoms with van der Waals surface area (Å²) in [5, 5.41) is 24.2. The van der Waals surface area contributed by atoms with Crippen molar-refractivity contribution in [3.8, 4) is 17.2 Å². The average Bonchev–Trinajstić information content (AvgIpc) is 3.57. The van der Waals surface area contributed by atoms with Crippen LogP contribution in [0.4, 0.5) is 11.4 Å². The Kier molecular flexibility index (Phi) is 5.19. The first-order valence-corrected chi connectivity index (χ1v) is 9.58. The highest BCUT2D eigenvalue weighted by Gasteiger charge is 2.45. The number of rotatable bonds is 5. The van der Waals surface area contributed by atoms with Crippen LogP contribution in [0.15, 0.2) is 71.9 Å². The molecule has 0 aromatic heterocycles. The number of nitrogens with one attached hydrogen (secondary N) is 1. The summed E-state index contributed by atoms with van der Waals surface area (Å²) in [6, 6.07) is 22.6. The Morgan fingerprint density at radius 2 is 1.90 bits per heavy atom. The number of oxime groups is 1. The zero-order valence-electron chi connectivity index (χ0n) is 16.1. The summed E-state index contributed by atoms with van der Waals surface area (Å²) in [4.78, 5) is 12.7. The summed E-state index contributed by atoms with van der Waals surface area (Å²) >= 11 is 0. The third-order valence-electron chi connectivity index (χ3n) is 5.40. The van der Waals surface area contributed by atoms with Crippen LogP contribution in [-0.4, -0.2) is 17.3 Å². The monoisotopic (exact) mass is 396 g/mol. The van der Waals surface area contributed by atoms with Crippen LogP contribution >= 0.6 is 0 Å². The molecule has 148 valence electrons. The van der Waals surface area contributed by atoms with Gasteiger partial charge in [-0.05, 0) is 53.3 Å². The highest BCUT2D eigenvalue weighted by molar-refractivity contribution is 5.96. The van der Waals surface area contributed by atoms with E-state index in [1.165, 1.54) is 6.21 Å². The lowest BCUT2D eigenvalue weighted by atomic mass is 10.00. The van der Waals surface area contributed by atoms with Crippen molar-refractivity contribution in [1.29, 1.82) is 5.26 Å². The molecule has 3 aromatic rings. The molecule has 2 atom stereocenters. The van der Waals surface area contributed by atoms with Crippen molar-refractivity contribution >= 4 is 23.5 Å². The second-order valence-corrected chi connectivity index (χ2v) is 7.27. The van der Waals surface area contributed by atoms with Crippen LogP contribution in [0, 0.1) is 17.2 Å². The minimum atomic E-state index is -0.156. The first-order valence-electron chi connectivity index (χ1n) is 9.58. The molecule has 0 bridgehead atoms. The largest absolute Gasteiger partial charge is 0.411 e. The second kappa shape index (κ2) is 8.10. The molecule has 4 rings (SSSR count). The van der Waals surface area contributed by atoms with E-state index >= 15 is 0 Å². The van der Waals surface area contributed by atoms with Crippen LogP contribution in [0.3, 0.4) is 0 Å². The van der Waals surface area contributed by atoms with Crippen molar-refractivity contribution in [2.24, 2.45) is 11.1 Å². The fourth-order valence-electron chi connectivity index (χ4n) is 3.76. The van der Waals surface area contributed by atoms with Gasteiger partial charge in [0.2, 0.25) is 5.91 Å². The lowest BCUT2D eigenvalue weighted by Gasteiger charge is -2.09. The summed E-state index contributed by atoms with van der Waals surface area (Å²) in [6.07, 6.45) is 2.03. The van der Waals surface area contributed by atoms with Gasteiger partial charge in [0.05, 0.1) is 17.8 Å². The Balaban J connectivity index is 1.46. The molecule has 0 heterocycles. The normalized spacial score (nSPS) is 17.4. The zero-order valence-corrected chi connectivity index (χ0v) is 16.1. The van der Waals surface area contributed by atoms with Gasteiger partial charge in [-0.15, -0.1) is 0 Å². The summed E-state index contributed by atoms with van der Waals surface area (Å²) in [6.45, 7) is 0. The Bertz CT molecular complexity index is 1160. The van der Waals surface area contributed by atoms with Gasteiger partial charge in [-0.25, -0.2) is 0 Å². The molecule has 6 heteroatoms. The molecule has 6 nitrogen and oxygen atoms in total. The summed E-state index contributed by atoms with van der Waals surface area (Å²) < 4.78 is 0. The smallest absolute Gasteiger partial charge is 0.228 e. The van der Waals surface area contributed by atoms with Crippen molar-refractivity contribution < 1.29 is 10.0 Å². The Hall–Kier alpha value is -4.11. The molecule has 0 unspecified atom stereocenters. The molecule has 30 heavy (non-hydrogen) atoms. The van der Waals surface area contributed by atoms with Gasteiger partial charge in [0.1, 0.15) is 0 Å². The fraction of sp³-hybridized carbons (Fsp3) is 0.125. The molecular weight excluding hydrogens is 376 g/mol. The third kappa shape index (κ3) is 3.74. The van der Waals surface area contributed by atoms with Crippen LogP contribution in [0.1, 0.15) is 29.0 Å². The molecule has 1 amide bonds. The van der Waals surface area contributed by atoms with E-state index in [1.807, 2.05) is 54.6 Å². The maximum absolute atomic E-state index is 12.7. The number of anilines is 2. The third-order valence-corrected chi connectivity index (χ3v) is 5.40. The van der Waals surface area contributed by atoms with Crippen LogP contribution in [0.2, 0.25) is 0 Å². The molecular formula is C24H20N4O2. The molecule has 1 aliphatic rings. The van der Waals surface area contributed by atoms with Crippen LogP contribution in [-0.2, 0) is 4.79 Å². The second-order valence-electron chi connectivity index (χ2n) is 7.27. The standard InChI is InChI=1S/C24H20N4O2/c25-13-16-4-1-2-5-18(16)15-8-10-17(11-9-15)28-24(29)21-12-20(21)19-6-3-7-23(26)22(19)14-27-30/h1-11,14,20-21,30H,12,26H2,(H,28,29)/t20-,21-/m1/s1. The first-order chi connectivity index (χ1) is 14.6. The molecule has 0 spiro atoms. The van der Waals surface area contributed by atoms with Gasteiger partial charge in [0.25, 0.3) is 0 Å². The van der Waals surface area contributed by atoms with Gasteiger partial charge in [-0.1, -0.05) is 47.6 Å². The minimum Gasteiger partial charge on any atom is -0.411 e. The van der Waals surface area contributed by atoms with Crippen molar-refractivity contribution in [3.05, 3.63) is 83.4 Å². The maximum Gasteiger partial charge on any atom is 0.228 e. The van der Waals surface area contributed by atoms with E-state index in [0.717, 1.165) is 23.1 Å². The minimum absolute atomic E-state index is 0.0447. The Morgan fingerprint density at radius 3 is 2.63 bits per heavy atom. The van der Waals surface area contributed by atoms with Crippen LogP contribution in [0.5, 0.6) is 0 Å². The van der Waals surface area contributed by atoms with Crippen molar-refractivity contribution in [2.75, 3.05) is 11.1 Å². The van der Waals surface area contributed by atoms with Gasteiger partial charge >= 0.3 is 0 Å². The molecule has 0 aliphatic heterocycles. The number of benzene rings is 3. The van der Waals surface area contributed by atoms with Gasteiger partial charge in [-0.2, -0.15) is 5.26 Å².